The molecule has 3 fully saturated rings. The summed E-state index contributed by atoms with van der Waals surface area (Å²) in [6.07, 6.45) is 10.9. The predicted octanol–water partition coefficient (Wildman–Crippen LogP) is 2.54. The third kappa shape index (κ3) is 0.646. The van der Waals surface area contributed by atoms with E-state index in [1.807, 2.05) is 0 Å². The summed E-state index contributed by atoms with van der Waals surface area (Å²) in [6, 6.07) is 0. The Kier molecular flexibility index (Phi) is 1.47. The first kappa shape index (κ1) is 9.26. The van der Waals surface area contributed by atoms with E-state index in [-0.39, 0.29) is 11.4 Å². The van der Waals surface area contributed by atoms with Crippen molar-refractivity contribution in [2.24, 2.45) is 28.6 Å². The Morgan fingerprint density at radius 2 is 2.19 bits per heavy atom. The predicted molar refractivity (Wildman–Crippen MR) is 59.6 cm³/mol. The fraction of sp³-hybridized carbons (Fsp3) is 0.786. The van der Waals surface area contributed by atoms with E-state index >= 15 is 0 Å². The number of hydrogen-bond donors (Lipinski definition) is 0. The van der Waals surface area contributed by atoms with Gasteiger partial charge in [-0.3, -0.25) is 4.79 Å². The molecule has 4 aliphatic carbocycles. The molecule has 5 unspecified atom stereocenters. The summed E-state index contributed by atoms with van der Waals surface area (Å²) in [5, 5.41) is 0. The van der Waals surface area contributed by atoms with Crippen molar-refractivity contribution in [1.82, 2.24) is 0 Å². The standard InChI is InChI=1S/C14H18O2/c1-16-12(15)14-10-5-4-9(7-10)13(14)6-2-3-11(14)8-13/h2-3,9-11H,4-8H2,1H3. The molecule has 4 aliphatic rings. The van der Waals surface area contributed by atoms with Crippen LogP contribution in [-0.4, -0.2) is 13.1 Å². The summed E-state index contributed by atoms with van der Waals surface area (Å²) in [6.45, 7) is 0. The summed E-state index contributed by atoms with van der Waals surface area (Å²) < 4.78 is 5.17. The van der Waals surface area contributed by atoms with E-state index in [1.165, 1.54) is 25.7 Å². The number of carbonyl (C=O) groups is 1. The number of hydrogen-bond acceptors (Lipinski definition) is 2. The van der Waals surface area contributed by atoms with Gasteiger partial charge in [-0.15, -0.1) is 0 Å². The van der Waals surface area contributed by atoms with Crippen molar-refractivity contribution < 1.29 is 9.53 Å². The van der Waals surface area contributed by atoms with Crippen LogP contribution in [0.2, 0.25) is 0 Å². The summed E-state index contributed by atoms with van der Waals surface area (Å²) in [4.78, 5) is 12.3. The van der Waals surface area contributed by atoms with Crippen molar-refractivity contribution in [2.75, 3.05) is 7.11 Å². The lowest BCUT2D eigenvalue weighted by atomic mass is 9.36. The van der Waals surface area contributed by atoms with Crippen molar-refractivity contribution in [3.05, 3.63) is 12.2 Å². The van der Waals surface area contributed by atoms with Crippen molar-refractivity contribution in [1.29, 1.82) is 0 Å². The van der Waals surface area contributed by atoms with E-state index in [0.717, 1.165) is 12.3 Å². The molecule has 5 atom stereocenters. The van der Waals surface area contributed by atoms with Crippen molar-refractivity contribution in [3.63, 3.8) is 0 Å². The topological polar surface area (TPSA) is 26.3 Å². The normalized spacial score (nSPS) is 55.7. The molecule has 0 N–H and O–H groups in total. The van der Waals surface area contributed by atoms with Crippen LogP contribution in [0.4, 0.5) is 0 Å². The lowest BCUT2D eigenvalue weighted by Crippen LogP contribution is -2.66. The maximum Gasteiger partial charge on any atom is 0.313 e. The summed E-state index contributed by atoms with van der Waals surface area (Å²) in [5.74, 6) is 2.01. The summed E-state index contributed by atoms with van der Waals surface area (Å²) >= 11 is 0. The molecule has 2 heteroatoms. The molecule has 2 nitrogen and oxygen atoms in total. The molecule has 4 rings (SSSR count). The average molecular weight is 218 g/mol. The highest BCUT2D eigenvalue weighted by atomic mass is 16.5. The molecular formula is C14H18O2. The maximum absolute atomic E-state index is 12.3. The highest BCUT2D eigenvalue weighted by Gasteiger charge is 2.80. The van der Waals surface area contributed by atoms with E-state index in [4.69, 9.17) is 4.74 Å². The molecule has 3 saturated carbocycles. The van der Waals surface area contributed by atoms with Gasteiger partial charge in [0.25, 0.3) is 0 Å². The van der Waals surface area contributed by atoms with Crippen LogP contribution < -0.4 is 0 Å². The molecule has 86 valence electrons. The van der Waals surface area contributed by atoms with E-state index in [1.54, 1.807) is 7.11 Å². The van der Waals surface area contributed by atoms with Gasteiger partial charge in [0.2, 0.25) is 0 Å². The zero-order valence-electron chi connectivity index (χ0n) is 9.74. The average Bonchev–Trinajstić information content (AvgIpc) is 2.85. The fourth-order valence-corrected chi connectivity index (χ4v) is 5.84. The highest BCUT2D eigenvalue weighted by molar-refractivity contribution is 5.82. The van der Waals surface area contributed by atoms with Crippen molar-refractivity contribution in [3.8, 4) is 0 Å². The van der Waals surface area contributed by atoms with Gasteiger partial charge in [-0.05, 0) is 55.3 Å². The van der Waals surface area contributed by atoms with Gasteiger partial charge >= 0.3 is 5.97 Å². The van der Waals surface area contributed by atoms with Gasteiger partial charge < -0.3 is 4.74 Å². The Morgan fingerprint density at radius 3 is 2.94 bits per heavy atom. The molecule has 0 spiro atoms. The lowest BCUT2D eigenvalue weighted by Gasteiger charge is -2.66. The van der Waals surface area contributed by atoms with E-state index in [9.17, 15) is 4.79 Å². The maximum atomic E-state index is 12.3. The SMILES string of the molecule is COC(=O)C12C3C=CCC1(C3)C1CCC2C1. The van der Waals surface area contributed by atoms with Gasteiger partial charge in [0.05, 0.1) is 12.5 Å². The largest absolute Gasteiger partial charge is 0.469 e. The van der Waals surface area contributed by atoms with Crippen LogP contribution in [0.3, 0.4) is 0 Å². The van der Waals surface area contributed by atoms with Crippen LogP contribution >= 0.6 is 0 Å². The Labute approximate surface area is 96.0 Å². The Bertz CT molecular complexity index is 400. The second kappa shape index (κ2) is 2.55. The molecule has 0 aromatic heterocycles. The van der Waals surface area contributed by atoms with Crippen molar-refractivity contribution >= 4 is 5.97 Å². The molecule has 0 radical (unpaired) electrons. The molecular weight excluding hydrogens is 200 g/mol. The fourth-order valence-electron chi connectivity index (χ4n) is 5.84. The Morgan fingerprint density at radius 1 is 1.38 bits per heavy atom. The summed E-state index contributed by atoms with van der Waals surface area (Å²) in [7, 11) is 1.56. The van der Waals surface area contributed by atoms with Crippen molar-refractivity contribution in [2.45, 2.75) is 32.1 Å². The minimum absolute atomic E-state index is 0.0975. The number of allylic oxidation sites excluding steroid dienone is 2. The van der Waals surface area contributed by atoms with Gasteiger partial charge in [0.1, 0.15) is 0 Å². The zero-order valence-corrected chi connectivity index (χ0v) is 9.74. The minimum atomic E-state index is -0.0978. The first-order valence-electron chi connectivity index (χ1n) is 6.51. The third-order valence-corrected chi connectivity index (χ3v) is 6.22. The molecule has 0 aromatic carbocycles. The summed E-state index contributed by atoms with van der Waals surface area (Å²) in [5.41, 5.74) is 0.210. The number of methoxy groups -OCH3 is 1. The van der Waals surface area contributed by atoms with E-state index < -0.39 is 0 Å². The second-order valence-corrected chi connectivity index (χ2v) is 6.17. The molecule has 0 amide bonds. The quantitative estimate of drug-likeness (QED) is 0.499. The number of esters is 1. The van der Waals surface area contributed by atoms with Crippen LogP contribution in [0.5, 0.6) is 0 Å². The number of rotatable bonds is 1. The number of carbonyl (C=O) groups excluding carboxylic acids is 1. The van der Waals surface area contributed by atoms with Gasteiger partial charge in [0.15, 0.2) is 0 Å². The molecule has 0 saturated heterocycles. The number of fused-ring (bicyclic) bond motifs is 2. The van der Waals surface area contributed by atoms with Crippen LogP contribution in [0.15, 0.2) is 12.2 Å². The highest BCUT2D eigenvalue weighted by Crippen LogP contribution is 2.81. The van der Waals surface area contributed by atoms with E-state index in [2.05, 4.69) is 12.2 Å². The van der Waals surface area contributed by atoms with Crippen LogP contribution in [0.1, 0.15) is 32.1 Å². The first-order valence-corrected chi connectivity index (χ1v) is 6.51. The zero-order chi connectivity index (χ0) is 11.0. The molecule has 4 bridgehead atoms. The van der Waals surface area contributed by atoms with Gasteiger partial charge in [-0.2, -0.15) is 0 Å². The van der Waals surface area contributed by atoms with Crippen LogP contribution in [0.25, 0.3) is 0 Å². The lowest BCUT2D eigenvalue weighted by molar-refractivity contribution is -0.209. The van der Waals surface area contributed by atoms with Crippen LogP contribution in [0, 0.1) is 28.6 Å². The van der Waals surface area contributed by atoms with Gasteiger partial charge in [0, 0.05) is 0 Å². The molecule has 0 aliphatic heterocycles. The smallest absolute Gasteiger partial charge is 0.313 e. The minimum Gasteiger partial charge on any atom is -0.469 e. The van der Waals surface area contributed by atoms with Gasteiger partial charge in [-0.25, -0.2) is 0 Å². The number of ether oxygens (including phenoxy) is 1. The monoisotopic (exact) mass is 218 g/mol. The molecule has 0 aromatic rings. The van der Waals surface area contributed by atoms with Crippen LogP contribution in [-0.2, 0) is 9.53 Å². The third-order valence-electron chi connectivity index (χ3n) is 6.22. The molecule has 0 heterocycles. The van der Waals surface area contributed by atoms with E-state index in [0.29, 0.717) is 17.3 Å². The first-order chi connectivity index (χ1) is 7.75. The Balaban J connectivity index is 1.90. The Hall–Kier alpha value is -0.790. The molecule has 16 heavy (non-hydrogen) atoms. The second-order valence-electron chi connectivity index (χ2n) is 6.17. The van der Waals surface area contributed by atoms with Gasteiger partial charge in [-0.1, -0.05) is 12.2 Å².